The number of carbonyl (C=O) groups is 1. The van der Waals surface area contributed by atoms with E-state index in [-0.39, 0.29) is 18.3 Å². The third-order valence-corrected chi connectivity index (χ3v) is 3.61. The van der Waals surface area contributed by atoms with Gasteiger partial charge in [0.05, 0.1) is 6.61 Å². The number of para-hydroxylation sites is 1. The maximum atomic E-state index is 12.0. The van der Waals surface area contributed by atoms with Crippen LogP contribution in [0, 0.1) is 5.92 Å². The summed E-state index contributed by atoms with van der Waals surface area (Å²) in [6.07, 6.45) is 2.83. The molecule has 5 heteroatoms. The summed E-state index contributed by atoms with van der Waals surface area (Å²) in [6, 6.07) is 8.25. The topological polar surface area (TPSA) is 50.4 Å². The number of hydrogen-bond acceptors (Lipinski definition) is 3. The third-order valence-electron chi connectivity index (χ3n) is 3.61. The van der Waals surface area contributed by atoms with Crippen molar-refractivity contribution in [2.75, 3.05) is 13.2 Å². The Labute approximate surface area is 139 Å². The molecule has 0 bridgehead atoms. The Hall–Kier alpha value is -1.26. The molecule has 0 aliphatic carbocycles. The summed E-state index contributed by atoms with van der Waals surface area (Å²) in [5.74, 6) is 1.46. The first-order valence-corrected chi connectivity index (χ1v) is 7.86. The molecule has 1 aromatic rings. The molecule has 1 amide bonds. The van der Waals surface area contributed by atoms with Crippen LogP contribution in [-0.4, -0.2) is 25.1 Å². The highest BCUT2D eigenvalue weighted by atomic mass is 35.5. The van der Waals surface area contributed by atoms with Crippen molar-refractivity contribution in [3.8, 4) is 5.75 Å². The van der Waals surface area contributed by atoms with E-state index in [0.29, 0.717) is 31.5 Å². The van der Waals surface area contributed by atoms with E-state index in [0.717, 1.165) is 24.3 Å². The zero-order valence-corrected chi connectivity index (χ0v) is 14.2. The van der Waals surface area contributed by atoms with Crippen molar-refractivity contribution in [1.29, 1.82) is 0 Å². The Bertz CT molecular complexity index is 460. The zero-order valence-electron chi connectivity index (χ0n) is 13.4. The molecule has 0 spiro atoms. The van der Waals surface area contributed by atoms with Gasteiger partial charge in [-0.25, -0.2) is 0 Å². The van der Waals surface area contributed by atoms with E-state index in [4.69, 9.17) is 4.74 Å². The van der Waals surface area contributed by atoms with Gasteiger partial charge in [-0.3, -0.25) is 4.79 Å². The van der Waals surface area contributed by atoms with E-state index >= 15 is 0 Å². The van der Waals surface area contributed by atoms with Crippen LogP contribution in [-0.2, 0) is 11.3 Å². The van der Waals surface area contributed by atoms with Gasteiger partial charge in [0.25, 0.3) is 0 Å². The van der Waals surface area contributed by atoms with Crippen molar-refractivity contribution in [3.05, 3.63) is 29.8 Å². The van der Waals surface area contributed by atoms with Crippen LogP contribution < -0.4 is 15.4 Å². The molecule has 0 saturated carbocycles. The van der Waals surface area contributed by atoms with E-state index in [1.165, 1.54) is 6.42 Å². The van der Waals surface area contributed by atoms with Crippen LogP contribution in [0.1, 0.15) is 38.7 Å². The normalized spacial score (nSPS) is 17.1. The second-order valence-corrected chi connectivity index (χ2v) is 6.09. The van der Waals surface area contributed by atoms with Crippen LogP contribution in [0.3, 0.4) is 0 Å². The predicted molar refractivity (Wildman–Crippen MR) is 91.5 cm³/mol. The Morgan fingerprint density at radius 3 is 2.86 bits per heavy atom. The van der Waals surface area contributed by atoms with Gasteiger partial charge in [-0.05, 0) is 31.4 Å². The van der Waals surface area contributed by atoms with Crippen molar-refractivity contribution in [2.24, 2.45) is 5.92 Å². The number of nitrogens with one attached hydrogen (secondary N) is 2. The molecule has 22 heavy (non-hydrogen) atoms. The van der Waals surface area contributed by atoms with Gasteiger partial charge in [-0.2, -0.15) is 0 Å². The van der Waals surface area contributed by atoms with Gasteiger partial charge in [0.1, 0.15) is 5.75 Å². The standard InChI is InChI=1S/C17H26N2O2.ClH/c1-13(2)12-21-16-8-4-3-6-14(16)11-19-17(20)10-15-7-5-9-18-15;/h3-4,6,8,13,15,18H,5,7,9-12H2,1-2H3,(H,19,20);1H. The lowest BCUT2D eigenvalue weighted by atomic mass is 10.1. The number of rotatable bonds is 7. The molecule has 0 aromatic heterocycles. The Kier molecular flexibility index (Phi) is 8.28. The third kappa shape index (κ3) is 6.24. The molecule has 2 rings (SSSR count). The van der Waals surface area contributed by atoms with Crippen LogP contribution in [0.15, 0.2) is 24.3 Å². The molecule has 4 nitrogen and oxygen atoms in total. The fourth-order valence-electron chi connectivity index (χ4n) is 2.47. The summed E-state index contributed by atoms with van der Waals surface area (Å²) < 4.78 is 5.80. The lowest BCUT2D eigenvalue weighted by Crippen LogP contribution is -2.31. The van der Waals surface area contributed by atoms with E-state index in [9.17, 15) is 4.79 Å². The molecule has 1 fully saturated rings. The number of ether oxygens (including phenoxy) is 1. The van der Waals surface area contributed by atoms with Crippen molar-refractivity contribution < 1.29 is 9.53 Å². The number of carbonyl (C=O) groups excluding carboxylic acids is 1. The van der Waals surface area contributed by atoms with Gasteiger partial charge < -0.3 is 15.4 Å². The molecule has 1 aliphatic rings. The highest BCUT2D eigenvalue weighted by Crippen LogP contribution is 2.18. The van der Waals surface area contributed by atoms with E-state index < -0.39 is 0 Å². The fraction of sp³-hybridized carbons (Fsp3) is 0.588. The average molecular weight is 327 g/mol. The first-order chi connectivity index (χ1) is 10.1. The average Bonchev–Trinajstić information content (AvgIpc) is 2.96. The summed E-state index contributed by atoms with van der Waals surface area (Å²) in [7, 11) is 0. The van der Waals surface area contributed by atoms with Crippen molar-refractivity contribution >= 4 is 18.3 Å². The lowest BCUT2D eigenvalue weighted by Gasteiger charge is -2.14. The molecule has 124 valence electrons. The number of halogens is 1. The van der Waals surface area contributed by atoms with Gasteiger partial charge >= 0.3 is 0 Å². The van der Waals surface area contributed by atoms with Crippen LogP contribution in [0.4, 0.5) is 0 Å². The second kappa shape index (κ2) is 9.70. The van der Waals surface area contributed by atoms with Gasteiger partial charge in [-0.15, -0.1) is 12.4 Å². The number of amides is 1. The minimum absolute atomic E-state index is 0. The highest BCUT2D eigenvalue weighted by Gasteiger charge is 2.17. The maximum Gasteiger partial charge on any atom is 0.221 e. The first-order valence-electron chi connectivity index (χ1n) is 7.86. The maximum absolute atomic E-state index is 12.0. The molecule has 1 heterocycles. The van der Waals surface area contributed by atoms with E-state index in [1.54, 1.807) is 0 Å². The van der Waals surface area contributed by atoms with Crippen molar-refractivity contribution in [1.82, 2.24) is 10.6 Å². The molecule has 0 radical (unpaired) electrons. The fourth-order valence-corrected chi connectivity index (χ4v) is 2.47. The summed E-state index contributed by atoms with van der Waals surface area (Å²) in [4.78, 5) is 12.0. The molecule has 2 N–H and O–H groups in total. The van der Waals surface area contributed by atoms with Gasteiger partial charge in [0.2, 0.25) is 5.91 Å². The number of benzene rings is 1. The molecular weight excluding hydrogens is 300 g/mol. The van der Waals surface area contributed by atoms with Gasteiger partial charge in [0, 0.05) is 24.6 Å². The molecule has 1 unspecified atom stereocenters. The Morgan fingerprint density at radius 1 is 1.41 bits per heavy atom. The van der Waals surface area contributed by atoms with E-state index in [2.05, 4.69) is 24.5 Å². The highest BCUT2D eigenvalue weighted by molar-refractivity contribution is 5.85. The largest absolute Gasteiger partial charge is 0.493 e. The summed E-state index contributed by atoms with van der Waals surface area (Å²) in [5, 5.41) is 6.34. The summed E-state index contributed by atoms with van der Waals surface area (Å²) in [5.41, 5.74) is 1.03. The molecule has 1 saturated heterocycles. The Balaban J connectivity index is 0.00000242. The number of hydrogen-bond donors (Lipinski definition) is 2. The van der Waals surface area contributed by atoms with Crippen LogP contribution in [0.5, 0.6) is 5.75 Å². The Morgan fingerprint density at radius 2 is 2.18 bits per heavy atom. The minimum atomic E-state index is 0. The second-order valence-electron chi connectivity index (χ2n) is 6.09. The summed E-state index contributed by atoms with van der Waals surface area (Å²) >= 11 is 0. The quantitative estimate of drug-likeness (QED) is 0.810. The van der Waals surface area contributed by atoms with Crippen LogP contribution in [0.25, 0.3) is 0 Å². The minimum Gasteiger partial charge on any atom is -0.493 e. The molecular formula is C17H27ClN2O2. The van der Waals surface area contributed by atoms with Gasteiger partial charge in [0.15, 0.2) is 0 Å². The van der Waals surface area contributed by atoms with E-state index in [1.807, 2.05) is 24.3 Å². The lowest BCUT2D eigenvalue weighted by molar-refractivity contribution is -0.121. The van der Waals surface area contributed by atoms with Crippen molar-refractivity contribution in [2.45, 2.75) is 45.7 Å². The molecule has 1 aromatic carbocycles. The predicted octanol–water partition coefficient (Wildman–Crippen LogP) is 2.90. The van der Waals surface area contributed by atoms with Crippen LogP contribution >= 0.6 is 12.4 Å². The zero-order chi connectivity index (χ0) is 15.1. The smallest absolute Gasteiger partial charge is 0.221 e. The summed E-state index contributed by atoms with van der Waals surface area (Å²) in [6.45, 7) is 6.50. The monoisotopic (exact) mass is 326 g/mol. The van der Waals surface area contributed by atoms with Crippen LogP contribution in [0.2, 0.25) is 0 Å². The SMILES string of the molecule is CC(C)COc1ccccc1CNC(=O)CC1CCCN1.Cl. The first kappa shape index (κ1) is 18.8. The van der Waals surface area contributed by atoms with Gasteiger partial charge in [-0.1, -0.05) is 32.0 Å². The molecule has 1 atom stereocenters. The molecule has 1 aliphatic heterocycles. The van der Waals surface area contributed by atoms with Crippen molar-refractivity contribution in [3.63, 3.8) is 0 Å².